The number of halogens is 2. The van der Waals surface area contributed by atoms with E-state index in [0.29, 0.717) is 11.5 Å². The number of thioether (sulfide) groups is 1. The van der Waals surface area contributed by atoms with E-state index in [1.54, 1.807) is 12.1 Å². The zero-order valence-corrected chi connectivity index (χ0v) is 18.3. The molecule has 0 fully saturated rings. The van der Waals surface area contributed by atoms with E-state index in [2.05, 4.69) is 10.0 Å². The highest BCUT2D eigenvalue weighted by Gasteiger charge is 2.26. The maximum absolute atomic E-state index is 13.3. The van der Waals surface area contributed by atoms with E-state index in [1.165, 1.54) is 18.9 Å². The minimum atomic E-state index is -4.07. The zero-order chi connectivity index (χ0) is 21.4. The van der Waals surface area contributed by atoms with Gasteiger partial charge < -0.3 is 10.1 Å². The summed E-state index contributed by atoms with van der Waals surface area (Å²) in [5.41, 5.74) is 0.764. The van der Waals surface area contributed by atoms with Gasteiger partial charge in [0.1, 0.15) is 17.6 Å². The molecular weight excluding hydrogens is 439 g/mol. The number of amides is 1. The molecule has 2 aromatic carbocycles. The van der Waals surface area contributed by atoms with Crippen LogP contribution >= 0.6 is 23.4 Å². The number of rotatable bonds is 10. The summed E-state index contributed by atoms with van der Waals surface area (Å²) in [7, 11) is -2.53. The lowest BCUT2D eigenvalue weighted by Gasteiger charge is -2.19. The fourth-order valence-corrected chi connectivity index (χ4v) is 4.51. The summed E-state index contributed by atoms with van der Waals surface area (Å²) in [5.74, 6) is -0.00441. The van der Waals surface area contributed by atoms with Crippen LogP contribution in [0.25, 0.3) is 0 Å². The van der Waals surface area contributed by atoms with E-state index in [9.17, 15) is 17.6 Å². The second-order valence-electron chi connectivity index (χ2n) is 6.06. The quantitative estimate of drug-likeness (QED) is 0.568. The summed E-state index contributed by atoms with van der Waals surface area (Å²) < 4.78 is 46.3. The number of ether oxygens (including phenoxy) is 1. The summed E-state index contributed by atoms with van der Waals surface area (Å²) >= 11 is 7.18. The maximum Gasteiger partial charge on any atom is 0.241 e. The van der Waals surface area contributed by atoms with Gasteiger partial charge in [-0.05, 0) is 42.7 Å². The Kier molecular flexibility index (Phi) is 8.76. The number of hydrogen-bond donors (Lipinski definition) is 2. The molecule has 6 nitrogen and oxygen atoms in total. The first-order chi connectivity index (χ1) is 13.8. The molecule has 0 aliphatic rings. The smallest absolute Gasteiger partial charge is 0.241 e. The predicted molar refractivity (Wildman–Crippen MR) is 113 cm³/mol. The molecule has 29 heavy (non-hydrogen) atoms. The van der Waals surface area contributed by atoms with Gasteiger partial charge in [0.05, 0.1) is 17.0 Å². The second kappa shape index (κ2) is 10.8. The Labute approximate surface area is 179 Å². The zero-order valence-electron chi connectivity index (χ0n) is 15.9. The van der Waals surface area contributed by atoms with Crippen LogP contribution < -0.4 is 14.8 Å². The van der Waals surface area contributed by atoms with Crippen LogP contribution in [0.15, 0.2) is 47.4 Å². The van der Waals surface area contributed by atoms with Crippen molar-refractivity contribution in [1.82, 2.24) is 10.0 Å². The van der Waals surface area contributed by atoms with E-state index in [-0.39, 0.29) is 22.9 Å². The normalized spacial score (nSPS) is 12.4. The number of methoxy groups -OCH3 is 1. The Bertz CT molecular complexity index is 957. The molecule has 0 unspecified atom stereocenters. The third-order valence-corrected chi connectivity index (χ3v) is 6.47. The molecule has 1 atom stereocenters. The van der Waals surface area contributed by atoms with Gasteiger partial charge in [-0.15, -0.1) is 0 Å². The van der Waals surface area contributed by atoms with Gasteiger partial charge in [0, 0.05) is 12.1 Å². The monoisotopic (exact) mass is 460 g/mol. The molecule has 0 saturated heterocycles. The number of carbonyl (C=O) groups is 1. The molecule has 10 heteroatoms. The highest BCUT2D eigenvalue weighted by molar-refractivity contribution is 7.98. The Hall–Kier alpha value is -1.81. The summed E-state index contributed by atoms with van der Waals surface area (Å²) in [4.78, 5) is 12.5. The van der Waals surface area contributed by atoms with Crippen molar-refractivity contribution in [2.24, 2.45) is 0 Å². The molecule has 0 aromatic heterocycles. The molecule has 0 heterocycles. The first-order valence-corrected chi connectivity index (χ1v) is 11.9. The van der Waals surface area contributed by atoms with Gasteiger partial charge in [0.2, 0.25) is 15.9 Å². The van der Waals surface area contributed by atoms with Crippen LogP contribution in [0.3, 0.4) is 0 Å². The minimum absolute atomic E-state index is 0.183. The molecule has 1 amide bonds. The Morgan fingerprint density at radius 3 is 2.66 bits per heavy atom. The third-order valence-electron chi connectivity index (χ3n) is 4.07. The summed E-state index contributed by atoms with van der Waals surface area (Å²) in [6.45, 7) is 0.183. The second-order valence-corrected chi connectivity index (χ2v) is 9.17. The van der Waals surface area contributed by atoms with E-state index in [4.69, 9.17) is 16.3 Å². The number of para-hydroxylation sites is 1. The van der Waals surface area contributed by atoms with Crippen LogP contribution in [-0.4, -0.2) is 39.5 Å². The number of carbonyl (C=O) groups excluding carboxylic acids is 1. The van der Waals surface area contributed by atoms with Crippen molar-refractivity contribution < 1.29 is 22.3 Å². The molecule has 0 aliphatic heterocycles. The van der Waals surface area contributed by atoms with Crippen molar-refractivity contribution in [3.05, 3.63) is 58.9 Å². The van der Waals surface area contributed by atoms with E-state index >= 15 is 0 Å². The van der Waals surface area contributed by atoms with E-state index in [0.717, 1.165) is 23.8 Å². The van der Waals surface area contributed by atoms with Crippen LogP contribution in [0, 0.1) is 5.82 Å². The van der Waals surface area contributed by atoms with Gasteiger partial charge in [-0.3, -0.25) is 4.79 Å². The van der Waals surface area contributed by atoms with Crippen molar-refractivity contribution in [3.63, 3.8) is 0 Å². The number of benzene rings is 2. The van der Waals surface area contributed by atoms with Crippen LogP contribution in [0.4, 0.5) is 4.39 Å². The van der Waals surface area contributed by atoms with Crippen molar-refractivity contribution in [1.29, 1.82) is 0 Å². The highest BCUT2D eigenvalue weighted by Crippen LogP contribution is 2.20. The van der Waals surface area contributed by atoms with Gasteiger partial charge >= 0.3 is 0 Å². The average Bonchev–Trinajstić information content (AvgIpc) is 2.71. The van der Waals surface area contributed by atoms with Crippen molar-refractivity contribution in [2.45, 2.75) is 23.9 Å². The first kappa shape index (κ1) is 23.5. The van der Waals surface area contributed by atoms with Gasteiger partial charge in [0.25, 0.3) is 0 Å². The molecule has 158 valence electrons. The molecule has 2 rings (SSSR count). The number of sulfonamides is 1. The lowest BCUT2D eigenvalue weighted by Crippen LogP contribution is -2.46. The molecule has 0 spiro atoms. The minimum Gasteiger partial charge on any atom is -0.496 e. The molecular formula is C19H22ClFN2O4S2. The largest absolute Gasteiger partial charge is 0.496 e. The average molecular weight is 461 g/mol. The fourth-order valence-electron chi connectivity index (χ4n) is 2.53. The molecule has 0 aliphatic carbocycles. The Morgan fingerprint density at radius 2 is 2.00 bits per heavy atom. The summed E-state index contributed by atoms with van der Waals surface area (Å²) in [6, 6.07) is 9.29. The Morgan fingerprint density at radius 1 is 1.28 bits per heavy atom. The van der Waals surface area contributed by atoms with Crippen LogP contribution in [0.2, 0.25) is 5.02 Å². The lowest BCUT2D eigenvalue weighted by molar-refractivity contribution is -0.122. The predicted octanol–water partition coefficient (Wildman–Crippen LogP) is 3.20. The number of hydrogen-bond acceptors (Lipinski definition) is 5. The van der Waals surface area contributed by atoms with Gasteiger partial charge in [-0.1, -0.05) is 29.8 Å². The van der Waals surface area contributed by atoms with Crippen LogP contribution in [0.1, 0.15) is 12.0 Å². The van der Waals surface area contributed by atoms with Crippen LogP contribution in [0.5, 0.6) is 5.75 Å². The fraction of sp³-hybridized carbons (Fsp3) is 0.316. The Balaban J connectivity index is 2.14. The SMILES string of the molecule is COc1ccccc1CNC(=O)[C@@H](CCSC)NS(=O)(=O)c1ccc(F)c(Cl)c1. The highest BCUT2D eigenvalue weighted by atomic mass is 35.5. The van der Waals surface area contributed by atoms with Crippen molar-refractivity contribution in [3.8, 4) is 5.75 Å². The van der Waals surface area contributed by atoms with Crippen molar-refractivity contribution >= 4 is 39.3 Å². The first-order valence-electron chi connectivity index (χ1n) is 8.64. The molecule has 0 saturated carbocycles. The van der Waals surface area contributed by atoms with E-state index in [1.807, 2.05) is 18.4 Å². The lowest BCUT2D eigenvalue weighted by atomic mass is 10.2. The van der Waals surface area contributed by atoms with Gasteiger partial charge in [0.15, 0.2) is 0 Å². The van der Waals surface area contributed by atoms with Gasteiger partial charge in [-0.2, -0.15) is 16.5 Å². The molecule has 2 aromatic rings. The van der Waals surface area contributed by atoms with Crippen molar-refractivity contribution in [2.75, 3.05) is 19.1 Å². The molecule has 2 N–H and O–H groups in total. The van der Waals surface area contributed by atoms with Crippen LogP contribution in [-0.2, 0) is 21.4 Å². The molecule has 0 bridgehead atoms. The van der Waals surface area contributed by atoms with Gasteiger partial charge in [-0.25, -0.2) is 12.8 Å². The molecule has 0 radical (unpaired) electrons. The summed E-state index contributed by atoms with van der Waals surface area (Å²) in [5, 5.41) is 2.43. The summed E-state index contributed by atoms with van der Waals surface area (Å²) in [6.07, 6.45) is 2.14. The third kappa shape index (κ3) is 6.60. The topological polar surface area (TPSA) is 84.5 Å². The maximum atomic E-state index is 13.3. The van der Waals surface area contributed by atoms with E-state index < -0.39 is 27.8 Å². The standard InChI is InChI=1S/C19H22ClFN2O4S2/c1-27-18-6-4-3-5-13(18)12-22-19(24)17(9-10-28-2)23-29(25,26)14-7-8-16(21)15(20)11-14/h3-8,11,17,23H,9-10,12H2,1-2H3,(H,22,24)/t17-/m1/s1. The number of nitrogens with one attached hydrogen (secondary N) is 2.